The number of benzene rings is 2. The summed E-state index contributed by atoms with van der Waals surface area (Å²) in [5, 5.41) is 21.0. The number of methoxy groups -OCH3 is 1. The van der Waals surface area contributed by atoms with Crippen molar-refractivity contribution in [2.24, 2.45) is 5.92 Å². The zero-order valence-corrected chi connectivity index (χ0v) is 18.8. The average Bonchev–Trinajstić information content (AvgIpc) is 3.21. The van der Waals surface area contributed by atoms with Gasteiger partial charge in [-0.25, -0.2) is 0 Å². The lowest BCUT2D eigenvalue weighted by Crippen LogP contribution is -2.24. The summed E-state index contributed by atoms with van der Waals surface area (Å²) in [5.74, 6) is 1.88. The molecule has 2 aromatic carbocycles. The van der Waals surface area contributed by atoms with E-state index in [1.165, 1.54) is 31.0 Å². The molecule has 0 unspecified atom stereocenters. The van der Waals surface area contributed by atoms with Gasteiger partial charge < -0.3 is 4.74 Å². The third-order valence-corrected chi connectivity index (χ3v) is 6.22. The average molecular weight is 454 g/mol. The van der Waals surface area contributed by atoms with Crippen LogP contribution in [0.15, 0.2) is 52.4 Å². The molecule has 2 heterocycles. The number of fused-ring (bicyclic) bond motifs is 3. The van der Waals surface area contributed by atoms with Gasteiger partial charge in [-0.05, 0) is 30.5 Å². The minimum Gasteiger partial charge on any atom is -0.496 e. The third-order valence-electron chi connectivity index (χ3n) is 5.24. The molecule has 0 radical (unpaired) electrons. The number of thioether (sulfide) groups is 1. The van der Waals surface area contributed by atoms with E-state index in [1.807, 2.05) is 22.6 Å². The standard InChI is InChI=1S/C22H23N5O4S/c1-14(2)10-11-25-20(28)17-6-4-5-7-18(17)26-21(25)23-24-22(26)32-13-15-12-16(27(29)30)8-9-19(15)31-3/h4-9,12,14H,10-11,13H2,1-3H3. The van der Waals surface area contributed by atoms with E-state index in [-0.39, 0.29) is 11.2 Å². The number of nitrogens with zero attached hydrogens (tertiary/aromatic N) is 5. The summed E-state index contributed by atoms with van der Waals surface area (Å²) in [4.78, 5) is 23.9. The van der Waals surface area contributed by atoms with E-state index in [0.29, 0.717) is 45.8 Å². The van der Waals surface area contributed by atoms with E-state index < -0.39 is 4.92 Å². The smallest absolute Gasteiger partial charge is 0.270 e. The van der Waals surface area contributed by atoms with Crippen molar-refractivity contribution in [2.45, 2.75) is 37.7 Å². The highest BCUT2D eigenvalue weighted by molar-refractivity contribution is 7.98. The molecule has 0 bridgehead atoms. The number of nitro benzene ring substituents is 1. The molecule has 0 aliphatic heterocycles. The van der Waals surface area contributed by atoms with Crippen molar-refractivity contribution in [1.82, 2.24) is 19.2 Å². The molecule has 0 N–H and O–H groups in total. The monoisotopic (exact) mass is 453 g/mol. The van der Waals surface area contributed by atoms with Gasteiger partial charge >= 0.3 is 0 Å². The second-order valence-corrected chi connectivity index (χ2v) is 8.76. The first kappa shape index (κ1) is 21.8. The van der Waals surface area contributed by atoms with Crippen LogP contribution in [0.1, 0.15) is 25.8 Å². The van der Waals surface area contributed by atoms with Crippen LogP contribution in [0.5, 0.6) is 5.75 Å². The minimum atomic E-state index is -0.430. The van der Waals surface area contributed by atoms with Crippen molar-refractivity contribution in [3.05, 3.63) is 68.5 Å². The van der Waals surface area contributed by atoms with Crippen LogP contribution in [0.25, 0.3) is 16.7 Å². The van der Waals surface area contributed by atoms with Crippen molar-refractivity contribution >= 4 is 34.1 Å². The highest BCUT2D eigenvalue weighted by Gasteiger charge is 2.18. The van der Waals surface area contributed by atoms with Gasteiger partial charge in [-0.2, -0.15) is 0 Å². The van der Waals surface area contributed by atoms with Gasteiger partial charge in [-0.3, -0.25) is 23.9 Å². The summed E-state index contributed by atoms with van der Waals surface area (Å²) >= 11 is 1.38. The Kier molecular flexibility index (Phi) is 6.13. The van der Waals surface area contributed by atoms with Crippen LogP contribution in [0, 0.1) is 16.0 Å². The fraction of sp³-hybridized carbons (Fsp3) is 0.318. The second-order valence-electron chi connectivity index (χ2n) is 7.82. The van der Waals surface area contributed by atoms with Gasteiger partial charge in [-0.15, -0.1) is 10.2 Å². The number of ether oxygens (including phenoxy) is 1. The minimum absolute atomic E-state index is 0.000440. The van der Waals surface area contributed by atoms with Crippen LogP contribution in [-0.2, 0) is 12.3 Å². The summed E-state index contributed by atoms with van der Waals surface area (Å²) < 4.78 is 8.93. The lowest BCUT2D eigenvalue weighted by Gasteiger charge is -2.12. The Hall–Kier alpha value is -3.40. The fourth-order valence-corrected chi connectivity index (χ4v) is 4.47. The largest absolute Gasteiger partial charge is 0.496 e. The van der Waals surface area contributed by atoms with Gasteiger partial charge in [0, 0.05) is 30.0 Å². The highest BCUT2D eigenvalue weighted by Crippen LogP contribution is 2.31. The number of rotatable bonds is 8. The molecule has 0 saturated carbocycles. The van der Waals surface area contributed by atoms with Crippen LogP contribution in [0.3, 0.4) is 0 Å². The van der Waals surface area contributed by atoms with Crippen LogP contribution in [0.2, 0.25) is 0 Å². The van der Waals surface area contributed by atoms with Crippen LogP contribution in [-0.4, -0.2) is 31.2 Å². The topological polar surface area (TPSA) is 105 Å². The van der Waals surface area contributed by atoms with Crippen LogP contribution in [0.4, 0.5) is 5.69 Å². The maximum atomic E-state index is 13.1. The quantitative estimate of drug-likeness (QED) is 0.222. The molecule has 32 heavy (non-hydrogen) atoms. The molecule has 10 heteroatoms. The maximum absolute atomic E-state index is 13.1. The van der Waals surface area contributed by atoms with Crippen molar-refractivity contribution in [1.29, 1.82) is 0 Å². The van der Waals surface area contributed by atoms with Crippen LogP contribution >= 0.6 is 11.8 Å². The van der Waals surface area contributed by atoms with E-state index >= 15 is 0 Å². The molecule has 4 rings (SSSR count). The molecular weight excluding hydrogens is 430 g/mol. The molecular formula is C22H23N5O4S. The first-order valence-corrected chi connectivity index (χ1v) is 11.2. The van der Waals surface area contributed by atoms with E-state index in [9.17, 15) is 14.9 Å². The van der Waals surface area contributed by atoms with E-state index in [1.54, 1.807) is 16.7 Å². The number of aryl methyl sites for hydroxylation is 1. The molecule has 0 aliphatic rings. The zero-order chi connectivity index (χ0) is 22.8. The molecule has 2 aromatic heterocycles. The van der Waals surface area contributed by atoms with Gasteiger partial charge in [0.15, 0.2) is 5.16 Å². The second kappa shape index (κ2) is 8.99. The molecule has 166 valence electrons. The van der Waals surface area contributed by atoms with Gasteiger partial charge in [0.1, 0.15) is 5.75 Å². The lowest BCUT2D eigenvalue weighted by atomic mass is 10.1. The number of para-hydroxylation sites is 1. The first-order valence-electron chi connectivity index (χ1n) is 10.2. The number of nitro groups is 1. The predicted molar refractivity (Wildman–Crippen MR) is 123 cm³/mol. The molecule has 0 saturated heterocycles. The Labute approximate surface area is 188 Å². The molecule has 4 aromatic rings. The summed E-state index contributed by atoms with van der Waals surface area (Å²) in [6, 6.07) is 11.9. The normalized spacial score (nSPS) is 11.5. The van der Waals surface area contributed by atoms with Gasteiger partial charge in [0.2, 0.25) is 5.78 Å². The summed E-state index contributed by atoms with van der Waals surface area (Å²) in [5.41, 5.74) is 1.33. The molecule has 0 spiro atoms. The Morgan fingerprint density at radius 3 is 2.69 bits per heavy atom. The molecule has 0 fully saturated rings. The zero-order valence-electron chi connectivity index (χ0n) is 18.0. The van der Waals surface area contributed by atoms with E-state index in [2.05, 4.69) is 24.0 Å². The number of non-ortho nitro benzene ring substituents is 1. The SMILES string of the molecule is COc1ccc([N+](=O)[O-])cc1CSc1nnc2n(CCC(C)C)c(=O)c3ccccc3n12. The lowest BCUT2D eigenvalue weighted by molar-refractivity contribution is -0.384. The third kappa shape index (κ3) is 4.05. The molecule has 0 aliphatic carbocycles. The Bertz CT molecular complexity index is 1360. The summed E-state index contributed by atoms with van der Waals surface area (Å²) in [7, 11) is 1.53. The fourth-order valence-electron chi connectivity index (χ4n) is 3.55. The van der Waals surface area contributed by atoms with Gasteiger partial charge in [0.25, 0.3) is 11.2 Å². The summed E-state index contributed by atoms with van der Waals surface area (Å²) in [6.45, 7) is 4.77. The van der Waals surface area contributed by atoms with Crippen LogP contribution < -0.4 is 10.3 Å². The van der Waals surface area contributed by atoms with Crippen molar-refractivity contribution in [3.63, 3.8) is 0 Å². The highest BCUT2D eigenvalue weighted by atomic mass is 32.2. The molecule has 0 atom stereocenters. The van der Waals surface area contributed by atoms with Gasteiger partial charge in [0.05, 0.1) is 22.9 Å². The number of aromatic nitrogens is 4. The van der Waals surface area contributed by atoms with Gasteiger partial charge in [-0.1, -0.05) is 37.7 Å². The predicted octanol–water partition coefficient (Wildman–Crippen LogP) is 4.30. The Morgan fingerprint density at radius 1 is 1.19 bits per heavy atom. The number of hydrogen-bond donors (Lipinski definition) is 0. The molecule has 9 nitrogen and oxygen atoms in total. The summed E-state index contributed by atoms with van der Waals surface area (Å²) in [6.07, 6.45) is 0.841. The van der Waals surface area contributed by atoms with Crippen molar-refractivity contribution in [2.75, 3.05) is 7.11 Å². The van der Waals surface area contributed by atoms with Crippen molar-refractivity contribution in [3.8, 4) is 5.75 Å². The van der Waals surface area contributed by atoms with E-state index in [0.717, 1.165) is 11.9 Å². The number of hydrogen-bond acceptors (Lipinski definition) is 7. The van der Waals surface area contributed by atoms with Crippen molar-refractivity contribution < 1.29 is 9.66 Å². The van der Waals surface area contributed by atoms with E-state index in [4.69, 9.17) is 4.74 Å². The molecule has 0 amide bonds. The maximum Gasteiger partial charge on any atom is 0.270 e. The Morgan fingerprint density at radius 2 is 1.97 bits per heavy atom. The first-order chi connectivity index (χ1) is 15.4. The Balaban J connectivity index is 1.79.